The Kier molecular flexibility index (Phi) is 4.84. The molecule has 0 spiro atoms. The predicted molar refractivity (Wildman–Crippen MR) is 96.6 cm³/mol. The van der Waals surface area contributed by atoms with E-state index in [0.717, 1.165) is 16.8 Å². The summed E-state index contributed by atoms with van der Waals surface area (Å²) in [5.74, 6) is 0. The second-order valence-corrected chi connectivity index (χ2v) is 7.66. The van der Waals surface area contributed by atoms with Gasteiger partial charge in [-0.15, -0.1) is 0 Å². The molecule has 0 aliphatic carbocycles. The van der Waals surface area contributed by atoms with E-state index in [2.05, 4.69) is 14.7 Å². The summed E-state index contributed by atoms with van der Waals surface area (Å²) in [7, 11) is -0.324. The number of imidazole rings is 1. The molecule has 0 aliphatic heterocycles. The van der Waals surface area contributed by atoms with Crippen molar-refractivity contribution in [3.05, 3.63) is 65.9 Å². The Labute approximate surface area is 152 Å². The Balaban J connectivity index is 2.07. The van der Waals surface area contributed by atoms with Crippen molar-refractivity contribution in [3.8, 4) is 17.3 Å². The summed E-state index contributed by atoms with van der Waals surface area (Å²) >= 11 is 0. The lowest BCUT2D eigenvalue weighted by Gasteiger charge is -2.11. The first kappa shape index (κ1) is 17.8. The van der Waals surface area contributed by atoms with Gasteiger partial charge in [0.05, 0.1) is 22.5 Å². The van der Waals surface area contributed by atoms with Gasteiger partial charge in [-0.05, 0) is 36.9 Å². The Morgan fingerprint density at radius 1 is 1.23 bits per heavy atom. The normalized spacial score (nSPS) is 11.3. The molecule has 0 amide bonds. The molecule has 0 aliphatic rings. The summed E-state index contributed by atoms with van der Waals surface area (Å²) in [6, 6.07) is 10.5. The maximum Gasteiger partial charge on any atom is 0.240 e. The van der Waals surface area contributed by atoms with Gasteiger partial charge in [-0.3, -0.25) is 4.98 Å². The highest BCUT2D eigenvalue weighted by atomic mass is 32.2. The predicted octanol–water partition coefficient (Wildman–Crippen LogP) is 1.85. The number of sulfonamides is 1. The lowest BCUT2D eigenvalue weighted by atomic mass is 10.0. The van der Waals surface area contributed by atoms with E-state index in [0.29, 0.717) is 17.7 Å². The minimum absolute atomic E-state index is 0.178. The molecule has 3 aromatic rings. The summed E-state index contributed by atoms with van der Waals surface area (Å²) in [5.41, 5.74) is 3.59. The molecule has 26 heavy (non-hydrogen) atoms. The van der Waals surface area contributed by atoms with Crippen LogP contribution >= 0.6 is 0 Å². The zero-order chi connectivity index (χ0) is 18.7. The number of nitrogens with zero attached hydrogens (tertiary/aromatic N) is 4. The molecule has 0 radical (unpaired) electrons. The fourth-order valence-corrected chi connectivity index (χ4v) is 3.33. The van der Waals surface area contributed by atoms with Crippen LogP contribution in [-0.2, 0) is 23.5 Å². The number of nitrogens with one attached hydrogen (secondary N) is 1. The summed E-state index contributed by atoms with van der Waals surface area (Å²) < 4.78 is 28.4. The molecule has 1 aromatic carbocycles. The van der Waals surface area contributed by atoms with Crippen LogP contribution in [-0.4, -0.2) is 30.0 Å². The molecule has 0 saturated carbocycles. The number of hydrogen-bond acceptors (Lipinski definition) is 5. The maximum absolute atomic E-state index is 12.2. The first-order valence-electron chi connectivity index (χ1n) is 7.83. The van der Waals surface area contributed by atoms with Crippen LogP contribution in [0.5, 0.6) is 0 Å². The Morgan fingerprint density at radius 2 is 2.04 bits per heavy atom. The van der Waals surface area contributed by atoms with Gasteiger partial charge in [0.15, 0.2) is 0 Å². The SMILES string of the molecule is CNS(=O)(=O)c1ccc(Cc2ccc(C#N)cn2)c(-c2cn(C)cn2)c1. The van der Waals surface area contributed by atoms with Gasteiger partial charge in [-0.25, -0.2) is 18.1 Å². The highest BCUT2D eigenvalue weighted by molar-refractivity contribution is 7.89. The lowest BCUT2D eigenvalue weighted by molar-refractivity contribution is 0.588. The standard InChI is InChI=1S/C18H17N5O2S/c1-20-26(24,25)16-6-4-14(7-15-5-3-13(9-19)10-21-15)17(8-16)18-11-23(2)12-22-18/h3-6,8,10-12,20H,7H2,1-2H3. The number of aromatic nitrogens is 3. The van der Waals surface area contributed by atoms with Gasteiger partial charge in [0.25, 0.3) is 0 Å². The zero-order valence-electron chi connectivity index (χ0n) is 14.3. The average molecular weight is 367 g/mol. The lowest BCUT2D eigenvalue weighted by Crippen LogP contribution is -2.18. The second kappa shape index (κ2) is 7.07. The Morgan fingerprint density at radius 3 is 2.62 bits per heavy atom. The monoisotopic (exact) mass is 367 g/mol. The molecule has 1 N–H and O–H groups in total. The first-order chi connectivity index (χ1) is 12.4. The molecule has 2 heterocycles. The van der Waals surface area contributed by atoms with Gasteiger partial charge in [-0.1, -0.05) is 6.07 Å². The second-order valence-electron chi connectivity index (χ2n) is 5.78. The van der Waals surface area contributed by atoms with Crippen LogP contribution in [0.4, 0.5) is 0 Å². The fraction of sp³-hybridized carbons (Fsp3) is 0.167. The van der Waals surface area contributed by atoms with Crippen LogP contribution in [0, 0.1) is 11.3 Å². The third-order valence-electron chi connectivity index (χ3n) is 3.97. The summed E-state index contributed by atoms with van der Waals surface area (Å²) in [5, 5.41) is 8.88. The van der Waals surface area contributed by atoms with Gasteiger partial charge >= 0.3 is 0 Å². The van der Waals surface area contributed by atoms with E-state index in [1.807, 2.05) is 19.3 Å². The molecule has 0 atom stereocenters. The molecule has 0 saturated heterocycles. The maximum atomic E-state index is 12.2. The van der Waals surface area contributed by atoms with E-state index in [9.17, 15) is 8.42 Å². The highest BCUT2D eigenvalue weighted by Gasteiger charge is 2.16. The molecule has 0 bridgehead atoms. The van der Waals surface area contributed by atoms with Crippen molar-refractivity contribution >= 4 is 10.0 Å². The molecule has 7 nitrogen and oxygen atoms in total. The third kappa shape index (κ3) is 3.64. The fourth-order valence-electron chi connectivity index (χ4n) is 2.58. The van der Waals surface area contributed by atoms with E-state index >= 15 is 0 Å². The van der Waals surface area contributed by atoms with Gasteiger partial charge < -0.3 is 4.57 Å². The average Bonchev–Trinajstić information content (AvgIpc) is 3.08. The minimum atomic E-state index is -3.56. The van der Waals surface area contributed by atoms with Gasteiger partial charge in [-0.2, -0.15) is 5.26 Å². The van der Waals surface area contributed by atoms with E-state index < -0.39 is 10.0 Å². The van der Waals surface area contributed by atoms with Crippen molar-refractivity contribution in [2.45, 2.75) is 11.3 Å². The number of aryl methyl sites for hydroxylation is 1. The number of rotatable bonds is 5. The van der Waals surface area contributed by atoms with Crippen LogP contribution in [0.3, 0.4) is 0 Å². The van der Waals surface area contributed by atoms with Gasteiger partial charge in [0.1, 0.15) is 6.07 Å². The third-order valence-corrected chi connectivity index (χ3v) is 5.38. The molecule has 0 fully saturated rings. The van der Waals surface area contributed by atoms with E-state index in [4.69, 9.17) is 5.26 Å². The van der Waals surface area contributed by atoms with E-state index in [-0.39, 0.29) is 4.90 Å². The number of hydrogen-bond donors (Lipinski definition) is 1. The van der Waals surface area contributed by atoms with Gasteiger partial charge in [0.2, 0.25) is 10.0 Å². The molecule has 3 rings (SSSR count). The van der Waals surface area contributed by atoms with Crippen LogP contribution in [0.25, 0.3) is 11.3 Å². The largest absolute Gasteiger partial charge is 0.340 e. The van der Waals surface area contributed by atoms with Crippen molar-refractivity contribution in [2.24, 2.45) is 7.05 Å². The van der Waals surface area contributed by atoms with Gasteiger partial charge in [0, 0.05) is 37.1 Å². The Bertz CT molecular complexity index is 1080. The van der Waals surface area contributed by atoms with Crippen LogP contribution in [0.1, 0.15) is 16.8 Å². The summed E-state index contributed by atoms with van der Waals surface area (Å²) in [6.45, 7) is 0. The first-order valence-corrected chi connectivity index (χ1v) is 9.31. The van der Waals surface area contributed by atoms with Crippen molar-refractivity contribution in [2.75, 3.05) is 7.05 Å². The molecule has 0 unspecified atom stereocenters. The Hall–Kier alpha value is -3.02. The number of pyridine rings is 1. The highest BCUT2D eigenvalue weighted by Crippen LogP contribution is 2.27. The quantitative estimate of drug-likeness (QED) is 0.742. The van der Waals surface area contributed by atoms with Crippen LogP contribution < -0.4 is 4.72 Å². The zero-order valence-corrected chi connectivity index (χ0v) is 15.2. The van der Waals surface area contributed by atoms with E-state index in [1.54, 1.807) is 41.2 Å². The van der Waals surface area contributed by atoms with E-state index in [1.165, 1.54) is 13.2 Å². The van der Waals surface area contributed by atoms with Crippen molar-refractivity contribution < 1.29 is 8.42 Å². The molecule has 2 aromatic heterocycles. The molecular formula is C18H17N5O2S. The van der Waals surface area contributed by atoms with Crippen molar-refractivity contribution in [1.29, 1.82) is 5.26 Å². The number of benzene rings is 1. The van der Waals surface area contributed by atoms with Crippen molar-refractivity contribution in [3.63, 3.8) is 0 Å². The minimum Gasteiger partial charge on any atom is -0.340 e. The topological polar surface area (TPSA) is 101 Å². The van der Waals surface area contributed by atoms with Crippen molar-refractivity contribution in [1.82, 2.24) is 19.3 Å². The summed E-state index contributed by atoms with van der Waals surface area (Å²) in [6.07, 6.45) is 5.52. The molecule has 8 heteroatoms. The van der Waals surface area contributed by atoms with Crippen LogP contribution in [0.2, 0.25) is 0 Å². The molecule has 132 valence electrons. The number of nitriles is 1. The molecular weight excluding hydrogens is 350 g/mol. The van der Waals surface area contributed by atoms with Crippen LogP contribution in [0.15, 0.2) is 53.9 Å². The summed E-state index contributed by atoms with van der Waals surface area (Å²) in [4.78, 5) is 8.82. The smallest absolute Gasteiger partial charge is 0.240 e.